The summed E-state index contributed by atoms with van der Waals surface area (Å²) in [5.74, 6) is 0.168. The summed E-state index contributed by atoms with van der Waals surface area (Å²) in [6.07, 6.45) is 3.64. The second-order valence-corrected chi connectivity index (χ2v) is 5.18. The average molecular weight is 270 g/mol. The highest BCUT2D eigenvalue weighted by Gasteiger charge is 2.25. The Morgan fingerprint density at radius 3 is 2.75 bits per heavy atom. The third-order valence-electron chi connectivity index (χ3n) is 3.69. The normalized spacial score (nSPS) is 22.8. The van der Waals surface area contributed by atoms with Gasteiger partial charge in [0.15, 0.2) is 0 Å². The van der Waals surface area contributed by atoms with Gasteiger partial charge in [-0.05, 0) is 36.1 Å². The lowest BCUT2D eigenvalue weighted by Gasteiger charge is -2.33. The molecule has 0 aromatic heterocycles. The molecule has 2 atom stereocenters. The number of hydrogen-bond donors (Lipinski definition) is 1. The van der Waals surface area contributed by atoms with Gasteiger partial charge in [0, 0.05) is 19.2 Å². The Balaban J connectivity index is 1.96. The number of amides is 1. The highest BCUT2D eigenvalue weighted by molar-refractivity contribution is 5.91. The largest absolute Gasteiger partial charge is 0.391 e. The highest BCUT2D eigenvalue weighted by atomic mass is 16.3. The molecule has 4 nitrogen and oxygen atoms in total. The number of aliphatic hydroxyl groups is 1. The fourth-order valence-corrected chi connectivity index (χ4v) is 2.19. The third-order valence-corrected chi connectivity index (χ3v) is 3.69. The molecule has 4 heteroatoms. The van der Waals surface area contributed by atoms with Crippen molar-refractivity contribution in [2.24, 2.45) is 5.92 Å². The summed E-state index contributed by atoms with van der Waals surface area (Å²) in [5, 5.41) is 18.5. The van der Waals surface area contributed by atoms with Crippen molar-refractivity contribution in [3.05, 3.63) is 41.5 Å². The Kier molecular flexibility index (Phi) is 4.54. The smallest absolute Gasteiger partial charge is 0.246 e. The predicted molar refractivity (Wildman–Crippen MR) is 76.6 cm³/mol. The first-order valence-corrected chi connectivity index (χ1v) is 6.75. The molecule has 0 radical (unpaired) electrons. The number of rotatable bonds is 2. The van der Waals surface area contributed by atoms with Crippen LogP contribution in [0.15, 0.2) is 30.3 Å². The van der Waals surface area contributed by atoms with Crippen molar-refractivity contribution in [1.82, 2.24) is 4.90 Å². The number of benzene rings is 1. The van der Waals surface area contributed by atoms with Crippen molar-refractivity contribution in [2.45, 2.75) is 19.4 Å². The van der Waals surface area contributed by atoms with Crippen molar-refractivity contribution < 1.29 is 9.90 Å². The van der Waals surface area contributed by atoms with Crippen LogP contribution in [0.25, 0.3) is 6.08 Å². The SMILES string of the molecule is CC1CCN(C(=O)/C=C/c2ccc(C#N)cc2)CC1O. The maximum Gasteiger partial charge on any atom is 0.246 e. The molecular weight excluding hydrogens is 252 g/mol. The summed E-state index contributed by atoms with van der Waals surface area (Å²) in [4.78, 5) is 13.7. The van der Waals surface area contributed by atoms with Crippen LogP contribution in [0.4, 0.5) is 0 Å². The minimum absolute atomic E-state index is 0.0830. The Morgan fingerprint density at radius 1 is 1.45 bits per heavy atom. The molecular formula is C16H18N2O2. The zero-order valence-corrected chi connectivity index (χ0v) is 11.5. The number of carbonyl (C=O) groups is 1. The Labute approximate surface area is 118 Å². The third kappa shape index (κ3) is 3.46. The van der Waals surface area contributed by atoms with Crippen LogP contribution in [0, 0.1) is 17.2 Å². The summed E-state index contributed by atoms with van der Waals surface area (Å²) in [6, 6.07) is 9.09. The van der Waals surface area contributed by atoms with Crippen LogP contribution in [0.2, 0.25) is 0 Å². The number of hydrogen-bond acceptors (Lipinski definition) is 3. The zero-order valence-electron chi connectivity index (χ0n) is 11.5. The van der Waals surface area contributed by atoms with E-state index < -0.39 is 6.10 Å². The first kappa shape index (κ1) is 14.3. The van der Waals surface area contributed by atoms with Gasteiger partial charge in [0.2, 0.25) is 5.91 Å². The summed E-state index contributed by atoms with van der Waals surface area (Å²) in [6.45, 7) is 3.09. The molecule has 0 spiro atoms. The van der Waals surface area contributed by atoms with Gasteiger partial charge in [-0.2, -0.15) is 5.26 Å². The molecule has 0 bridgehead atoms. The average Bonchev–Trinajstić information content (AvgIpc) is 2.48. The lowest BCUT2D eigenvalue weighted by Crippen LogP contribution is -2.45. The van der Waals surface area contributed by atoms with E-state index in [0.29, 0.717) is 18.7 Å². The van der Waals surface area contributed by atoms with Crippen LogP contribution in [-0.4, -0.2) is 35.1 Å². The second kappa shape index (κ2) is 6.36. The minimum Gasteiger partial charge on any atom is -0.391 e. The van der Waals surface area contributed by atoms with Gasteiger partial charge in [-0.3, -0.25) is 4.79 Å². The maximum atomic E-state index is 12.0. The number of nitriles is 1. The molecule has 20 heavy (non-hydrogen) atoms. The first-order valence-electron chi connectivity index (χ1n) is 6.75. The number of likely N-dealkylation sites (tertiary alicyclic amines) is 1. The standard InChI is InChI=1S/C16H18N2O2/c1-12-8-9-18(11-15(12)19)16(20)7-6-13-2-4-14(10-17)5-3-13/h2-7,12,15,19H,8-9,11H2,1H3/b7-6+. The monoisotopic (exact) mass is 270 g/mol. The van der Waals surface area contributed by atoms with E-state index in [1.165, 1.54) is 6.08 Å². The van der Waals surface area contributed by atoms with Crippen LogP contribution in [0.3, 0.4) is 0 Å². The van der Waals surface area contributed by atoms with E-state index >= 15 is 0 Å². The van der Waals surface area contributed by atoms with E-state index in [0.717, 1.165) is 12.0 Å². The van der Waals surface area contributed by atoms with E-state index in [-0.39, 0.29) is 11.8 Å². The van der Waals surface area contributed by atoms with Gasteiger partial charge in [0.05, 0.1) is 17.7 Å². The van der Waals surface area contributed by atoms with Crippen LogP contribution in [0.5, 0.6) is 0 Å². The van der Waals surface area contributed by atoms with Crippen LogP contribution < -0.4 is 0 Å². The summed E-state index contributed by atoms with van der Waals surface area (Å²) >= 11 is 0. The molecule has 1 saturated heterocycles. The Morgan fingerprint density at radius 2 is 2.15 bits per heavy atom. The summed E-state index contributed by atoms with van der Waals surface area (Å²) in [7, 11) is 0. The highest BCUT2D eigenvalue weighted by Crippen LogP contribution is 2.17. The number of aliphatic hydroxyl groups excluding tert-OH is 1. The van der Waals surface area contributed by atoms with E-state index in [9.17, 15) is 9.90 Å². The van der Waals surface area contributed by atoms with Gasteiger partial charge in [-0.15, -0.1) is 0 Å². The predicted octanol–water partition coefficient (Wildman–Crippen LogP) is 1.80. The topological polar surface area (TPSA) is 64.3 Å². The molecule has 104 valence electrons. The number of nitrogens with zero attached hydrogens (tertiary/aromatic N) is 2. The first-order chi connectivity index (χ1) is 9.60. The molecule has 2 rings (SSSR count). The number of carbonyl (C=O) groups excluding carboxylic acids is 1. The molecule has 1 aromatic carbocycles. The van der Waals surface area contributed by atoms with Crippen molar-refractivity contribution >= 4 is 12.0 Å². The van der Waals surface area contributed by atoms with Gasteiger partial charge in [0.25, 0.3) is 0 Å². The molecule has 1 aliphatic heterocycles. The van der Waals surface area contributed by atoms with Crippen LogP contribution in [0.1, 0.15) is 24.5 Å². The van der Waals surface area contributed by atoms with E-state index in [2.05, 4.69) is 6.07 Å². The van der Waals surface area contributed by atoms with Gasteiger partial charge in [-0.1, -0.05) is 19.1 Å². The van der Waals surface area contributed by atoms with Crippen molar-refractivity contribution in [3.8, 4) is 6.07 Å². The van der Waals surface area contributed by atoms with Gasteiger partial charge < -0.3 is 10.0 Å². The Bertz CT molecular complexity index is 543. The minimum atomic E-state index is -0.434. The van der Waals surface area contributed by atoms with E-state index in [1.807, 2.05) is 6.92 Å². The maximum absolute atomic E-state index is 12.0. The lowest BCUT2D eigenvalue weighted by molar-refractivity contribution is -0.130. The van der Waals surface area contributed by atoms with Gasteiger partial charge in [0.1, 0.15) is 0 Å². The summed E-state index contributed by atoms with van der Waals surface area (Å²) in [5.41, 5.74) is 1.48. The fraction of sp³-hybridized carbons (Fsp3) is 0.375. The molecule has 0 aliphatic carbocycles. The van der Waals surface area contributed by atoms with Crippen molar-refractivity contribution in [3.63, 3.8) is 0 Å². The van der Waals surface area contributed by atoms with Crippen molar-refractivity contribution in [2.75, 3.05) is 13.1 Å². The Hall–Kier alpha value is -2.12. The molecule has 1 N–H and O–H groups in total. The van der Waals surface area contributed by atoms with E-state index in [4.69, 9.17) is 5.26 Å². The number of β-amino-alcohol motifs (C(OH)–C–C–N with tert-alkyl or cyclic N) is 1. The number of piperidine rings is 1. The van der Waals surface area contributed by atoms with Crippen molar-refractivity contribution in [1.29, 1.82) is 5.26 Å². The van der Waals surface area contributed by atoms with Crippen LogP contribution in [-0.2, 0) is 4.79 Å². The molecule has 1 amide bonds. The quantitative estimate of drug-likeness (QED) is 0.833. The fourth-order valence-electron chi connectivity index (χ4n) is 2.19. The van der Waals surface area contributed by atoms with Gasteiger partial charge in [-0.25, -0.2) is 0 Å². The molecule has 1 aliphatic rings. The second-order valence-electron chi connectivity index (χ2n) is 5.18. The molecule has 1 heterocycles. The molecule has 0 saturated carbocycles. The van der Waals surface area contributed by atoms with E-state index in [1.54, 1.807) is 35.2 Å². The molecule has 2 unspecified atom stereocenters. The lowest BCUT2D eigenvalue weighted by atomic mass is 9.96. The zero-order chi connectivity index (χ0) is 14.5. The van der Waals surface area contributed by atoms with Gasteiger partial charge >= 0.3 is 0 Å². The van der Waals surface area contributed by atoms with Crippen LogP contribution >= 0.6 is 0 Å². The summed E-state index contributed by atoms with van der Waals surface area (Å²) < 4.78 is 0. The molecule has 1 fully saturated rings. The molecule has 1 aromatic rings.